The Balaban J connectivity index is 1.69. The molecule has 0 fully saturated rings. The van der Waals surface area contributed by atoms with Crippen molar-refractivity contribution in [1.82, 2.24) is 0 Å². The highest BCUT2D eigenvalue weighted by molar-refractivity contribution is 5.66. The quantitative estimate of drug-likeness (QED) is 0.492. The standard InChI is InChI=1S/C18H21N3O4/c1-24-13-7-8-18(17(12-13)21(22)23)25-11-10-20-9-3-4-14-15(19)5-2-6-16(14)20/h2,5-8,12H,3-4,9-11,19H2,1H3. The number of hydrogen-bond donors (Lipinski definition) is 1. The van der Waals surface area contributed by atoms with Crippen molar-refractivity contribution in [3.63, 3.8) is 0 Å². The average molecular weight is 343 g/mol. The summed E-state index contributed by atoms with van der Waals surface area (Å²) in [6.07, 6.45) is 2.01. The smallest absolute Gasteiger partial charge is 0.314 e. The summed E-state index contributed by atoms with van der Waals surface area (Å²) < 4.78 is 10.7. The Bertz CT molecular complexity index is 779. The van der Waals surface area contributed by atoms with E-state index in [1.807, 2.05) is 12.1 Å². The highest BCUT2D eigenvalue weighted by Gasteiger charge is 2.20. The van der Waals surface area contributed by atoms with Crippen LogP contribution in [0.3, 0.4) is 0 Å². The molecule has 2 aromatic carbocycles. The van der Waals surface area contributed by atoms with E-state index in [1.54, 1.807) is 12.1 Å². The molecule has 0 atom stereocenters. The molecule has 0 saturated heterocycles. The molecular weight excluding hydrogens is 322 g/mol. The fourth-order valence-electron chi connectivity index (χ4n) is 3.11. The minimum absolute atomic E-state index is 0.0948. The van der Waals surface area contributed by atoms with E-state index < -0.39 is 4.92 Å². The van der Waals surface area contributed by atoms with E-state index in [9.17, 15) is 10.1 Å². The number of fused-ring (bicyclic) bond motifs is 1. The molecule has 1 heterocycles. The Morgan fingerprint density at radius 3 is 2.92 bits per heavy atom. The predicted molar refractivity (Wildman–Crippen MR) is 96.5 cm³/mol. The van der Waals surface area contributed by atoms with Crippen molar-refractivity contribution in [2.75, 3.05) is 37.4 Å². The lowest BCUT2D eigenvalue weighted by molar-refractivity contribution is -0.385. The topological polar surface area (TPSA) is 90.9 Å². The Kier molecular flexibility index (Phi) is 4.92. The summed E-state index contributed by atoms with van der Waals surface area (Å²) in [5, 5.41) is 11.2. The van der Waals surface area contributed by atoms with Crippen molar-refractivity contribution in [1.29, 1.82) is 0 Å². The van der Waals surface area contributed by atoms with Gasteiger partial charge in [-0.15, -0.1) is 0 Å². The number of ether oxygens (including phenoxy) is 2. The highest BCUT2D eigenvalue weighted by atomic mass is 16.6. The van der Waals surface area contributed by atoms with Gasteiger partial charge in [-0.05, 0) is 42.7 Å². The van der Waals surface area contributed by atoms with Gasteiger partial charge in [0.25, 0.3) is 0 Å². The van der Waals surface area contributed by atoms with Gasteiger partial charge in [0.2, 0.25) is 0 Å². The Labute approximate surface area is 146 Å². The van der Waals surface area contributed by atoms with Gasteiger partial charge in [-0.2, -0.15) is 0 Å². The first-order chi connectivity index (χ1) is 12.1. The molecule has 0 amide bonds. The molecule has 0 spiro atoms. The van der Waals surface area contributed by atoms with Gasteiger partial charge in [0.15, 0.2) is 5.75 Å². The van der Waals surface area contributed by atoms with Gasteiger partial charge < -0.3 is 20.1 Å². The van der Waals surface area contributed by atoms with Crippen LogP contribution in [0, 0.1) is 10.1 Å². The van der Waals surface area contributed by atoms with Crippen molar-refractivity contribution in [2.45, 2.75) is 12.8 Å². The molecule has 1 aliphatic heterocycles. The molecule has 0 bridgehead atoms. The summed E-state index contributed by atoms with van der Waals surface area (Å²) in [5.74, 6) is 0.676. The number of nitro groups is 1. The fraction of sp³-hybridized carbons (Fsp3) is 0.333. The van der Waals surface area contributed by atoms with Crippen molar-refractivity contribution in [3.8, 4) is 11.5 Å². The van der Waals surface area contributed by atoms with E-state index in [4.69, 9.17) is 15.2 Å². The zero-order valence-corrected chi connectivity index (χ0v) is 14.1. The van der Waals surface area contributed by atoms with E-state index in [0.717, 1.165) is 30.8 Å². The van der Waals surface area contributed by atoms with Crippen LogP contribution in [-0.2, 0) is 6.42 Å². The lowest BCUT2D eigenvalue weighted by Gasteiger charge is -2.31. The second-order valence-electron chi connectivity index (χ2n) is 5.87. The number of hydrogen-bond acceptors (Lipinski definition) is 6. The molecule has 0 aromatic heterocycles. The van der Waals surface area contributed by atoms with Crippen LogP contribution < -0.4 is 20.1 Å². The first kappa shape index (κ1) is 16.9. The van der Waals surface area contributed by atoms with Crippen LogP contribution in [0.25, 0.3) is 0 Å². The summed E-state index contributed by atoms with van der Waals surface area (Å²) in [5.41, 5.74) is 9.07. The number of methoxy groups -OCH3 is 1. The van der Waals surface area contributed by atoms with E-state index >= 15 is 0 Å². The Hall–Kier alpha value is -2.96. The number of nitrogens with two attached hydrogens (primary N) is 1. The maximum absolute atomic E-state index is 11.2. The first-order valence-corrected chi connectivity index (χ1v) is 8.17. The van der Waals surface area contributed by atoms with Crippen LogP contribution in [0.5, 0.6) is 11.5 Å². The van der Waals surface area contributed by atoms with E-state index in [1.165, 1.54) is 18.7 Å². The zero-order valence-electron chi connectivity index (χ0n) is 14.1. The summed E-state index contributed by atoms with van der Waals surface area (Å²) in [7, 11) is 1.47. The third-order valence-electron chi connectivity index (χ3n) is 4.36. The van der Waals surface area contributed by atoms with Crippen LogP contribution >= 0.6 is 0 Å². The van der Waals surface area contributed by atoms with Gasteiger partial charge in [0.05, 0.1) is 24.6 Å². The lowest BCUT2D eigenvalue weighted by Crippen LogP contribution is -2.33. The van der Waals surface area contributed by atoms with Crippen molar-refractivity contribution >= 4 is 17.1 Å². The molecule has 7 nitrogen and oxygen atoms in total. The third kappa shape index (κ3) is 3.60. The molecule has 25 heavy (non-hydrogen) atoms. The fourth-order valence-corrected chi connectivity index (χ4v) is 3.11. The molecule has 7 heteroatoms. The number of anilines is 2. The average Bonchev–Trinajstić information content (AvgIpc) is 2.62. The third-order valence-corrected chi connectivity index (χ3v) is 4.36. The van der Waals surface area contributed by atoms with Gasteiger partial charge in [-0.3, -0.25) is 10.1 Å². The molecular formula is C18H21N3O4. The van der Waals surface area contributed by atoms with Crippen LogP contribution in [0.2, 0.25) is 0 Å². The molecule has 1 aliphatic rings. The zero-order chi connectivity index (χ0) is 17.8. The van der Waals surface area contributed by atoms with E-state index in [2.05, 4.69) is 11.0 Å². The van der Waals surface area contributed by atoms with Gasteiger partial charge >= 0.3 is 5.69 Å². The molecule has 3 rings (SSSR count). The maximum Gasteiger partial charge on any atom is 0.314 e. The Morgan fingerprint density at radius 2 is 2.16 bits per heavy atom. The number of benzene rings is 2. The molecule has 0 aliphatic carbocycles. The van der Waals surface area contributed by atoms with Crippen molar-refractivity contribution in [3.05, 3.63) is 52.1 Å². The van der Waals surface area contributed by atoms with E-state index in [0.29, 0.717) is 18.9 Å². The van der Waals surface area contributed by atoms with Gasteiger partial charge in [-0.1, -0.05) is 6.07 Å². The summed E-state index contributed by atoms with van der Waals surface area (Å²) >= 11 is 0. The van der Waals surface area contributed by atoms with Crippen molar-refractivity contribution in [2.24, 2.45) is 0 Å². The minimum atomic E-state index is -0.464. The molecule has 2 N–H and O–H groups in total. The van der Waals surface area contributed by atoms with Crippen LogP contribution in [0.15, 0.2) is 36.4 Å². The van der Waals surface area contributed by atoms with Crippen LogP contribution in [0.1, 0.15) is 12.0 Å². The highest BCUT2D eigenvalue weighted by Crippen LogP contribution is 2.32. The molecule has 2 aromatic rings. The molecule has 132 valence electrons. The van der Waals surface area contributed by atoms with Crippen LogP contribution in [-0.4, -0.2) is 31.7 Å². The SMILES string of the molecule is COc1ccc(OCCN2CCCc3c(N)cccc32)c([N+](=O)[O-])c1. The van der Waals surface area contributed by atoms with E-state index in [-0.39, 0.29) is 11.4 Å². The summed E-state index contributed by atoms with van der Waals surface area (Å²) in [6.45, 7) is 1.91. The molecule has 0 unspecified atom stereocenters. The first-order valence-electron chi connectivity index (χ1n) is 8.17. The second-order valence-corrected chi connectivity index (χ2v) is 5.87. The van der Waals surface area contributed by atoms with Gasteiger partial charge in [-0.25, -0.2) is 0 Å². The monoisotopic (exact) mass is 343 g/mol. The van der Waals surface area contributed by atoms with Gasteiger partial charge in [0, 0.05) is 17.9 Å². The normalized spacial score (nSPS) is 13.2. The number of nitrogen functional groups attached to an aromatic ring is 1. The van der Waals surface area contributed by atoms with Crippen LogP contribution in [0.4, 0.5) is 17.1 Å². The second kappa shape index (κ2) is 7.29. The minimum Gasteiger partial charge on any atom is -0.496 e. The Morgan fingerprint density at radius 1 is 1.32 bits per heavy atom. The number of rotatable bonds is 6. The summed E-state index contributed by atoms with van der Waals surface area (Å²) in [6, 6.07) is 10.5. The largest absolute Gasteiger partial charge is 0.496 e. The predicted octanol–water partition coefficient (Wildman–Crippen LogP) is 3.02. The molecule has 0 saturated carbocycles. The maximum atomic E-state index is 11.2. The number of nitro benzene ring substituents is 1. The van der Waals surface area contributed by atoms with Crippen molar-refractivity contribution < 1.29 is 14.4 Å². The number of nitrogens with zero attached hydrogens (tertiary/aromatic N) is 2. The molecule has 0 radical (unpaired) electrons. The lowest BCUT2D eigenvalue weighted by atomic mass is 10.00. The van der Waals surface area contributed by atoms with Gasteiger partial charge in [0.1, 0.15) is 12.4 Å². The summed E-state index contributed by atoms with van der Waals surface area (Å²) in [4.78, 5) is 13.0.